The lowest BCUT2D eigenvalue weighted by atomic mass is 9.98. The molecule has 0 aliphatic heterocycles. The molecule has 2 aromatic heterocycles. The van der Waals surface area contributed by atoms with Gasteiger partial charge in [0.25, 0.3) is 0 Å². The second kappa shape index (κ2) is 8.34. The van der Waals surface area contributed by atoms with E-state index in [1.54, 1.807) is 0 Å². The van der Waals surface area contributed by atoms with Crippen LogP contribution in [0.1, 0.15) is 22.3 Å². The molecule has 0 atom stereocenters. The summed E-state index contributed by atoms with van der Waals surface area (Å²) in [6.07, 6.45) is 0. The van der Waals surface area contributed by atoms with E-state index in [2.05, 4.69) is 146 Å². The van der Waals surface area contributed by atoms with Gasteiger partial charge in [-0.3, -0.25) is 0 Å². The zero-order valence-electron chi connectivity index (χ0n) is 23.3. The molecule has 0 amide bonds. The number of aryl methyl sites for hydroxylation is 4. The van der Waals surface area contributed by atoms with E-state index in [1.807, 2.05) is 0 Å². The molecule has 0 aliphatic rings. The van der Waals surface area contributed by atoms with E-state index in [4.69, 9.17) is 0 Å². The van der Waals surface area contributed by atoms with Gasteiger partial charge in [0.2, 0.25) is 0 Å². The Morgan fingerprint density at radius 1 is 0.375 bits per heavy atom. The van der Waals surface area contributed by atoms with Gasteiger partial charge in [0.05, 0.1) is 22.1 Å². The lowest BCUT2D eigenvalue weighted by Gasteiger charge is -2.14. The molecule has 0 aliphatic carbocycles. The Bertz CT molecular complexity index is 2110. The van der Waals surface area contributed by atoms with Crippen molar-refractivity contribution in [1.29, 1.82) is 0 Å². The van der Waals surface area contributed by atoms with Crippen molar-refractivity contribution in [3.63, 3.8) is 0 Å². The number of benzene rings is 6. The molecule has 0 spiro atoms. The molecular weight excluding hydrogens is 484 g/mol. The smallest absolute Gasteiger partial charge is 0.0795 e. The fraction of sp³-hybridized carbons (Fsp3) is 0.105. The number of aromatic nitrogens is 2. The Morgan fingerprint density at radius 2 is 0.750 bits per heavy atom. The summed E-state index contributed by atoms with van der Waals surface area (Å²) in [6.45, 7) is 8.69. The molecule has 2 nitrogen and oxygen atoms in total. The summed E-state index contributed by atoms with van der Waals surface area (Å²) in [7, 11) is 0. The van der Waals surface area contributed by atoms with Crippen LogP contribution in [0, 0.1) is 27.7 Å². The predicted octanol–water partition coefficient (Wildman–Crippen LogP) is 10.3. The van der Waals surface area contributed by atoms with Gasteiger partial charge in [0.1, 0.15) is 0 Å². The summed E-state index contributed by atoms with van der Waals surface area (Å²) >= 11 is 0. The largest absolute Gasteiger partial charge is 0.307 e. The third-order valence-corrected chi connectivity index (χ3v) is 8.52. The van der Waals surface area contributed by atoms with E-state index >= 15 is 0 Å². The first-order chi connectivity index (χ1) is 19.5. The van der Waals surface area contributed by atoms with Crippen LogP contribution >= 0.6 is 0 Å². The van der Waals surface area contributed by atoms with E-state index in [9.17, 15) is 0 Å². The highest BCUT2D eigenvalue weighted by Gasteiger charge is 2.24. The first-order valence-electron chi connectivity index (χ1n) is 14.0. The van der Waals surface area contributed by atoms with Crippen LogP contribution in [-0.2, 0) is 0 Å². The molecule has 40 heavy (non-hydrogen) atoms. The van der Waals surface area contributed by atoms with Gasteiger partial charge in [-0.1, -0.05) is 83.9 Å². The highest BCUT2D eigenvalue weighted by molar-refractivity contribution is 6.36. The third kappa shape index (κ3) is 3.17. The average molecular weight is 515 g/mol. The monoisotopic (exact) mass is 514 g/mol. The minimum atomic E-state index is 1.18. The molecule has 2 heterocycles. The molecule has 0 saturated heterocycles. The number of fused-ring (bicyclic) bond motifs is 10. The molecule has 0 saturated carbocycles. The molecule has 8 aromatic rings. The minimum absolute atomic E-state index is 1.18. The highest BCUT2D eigenvalue weighted by Crippen LogP contribution is 2.46. The maximum absolute atomic E-state index is 2.50. The van der Waals surface area contributed by atoms with Gasteiger partial charge in [0, 0.05) is 32.9 Å². The van der Waals surface area contributed by atoms with Gasteiger partial charge in [-0.2, -0.15) is 0 Å². The lowest BCUT2D eigenvalue weighted by Crippen LogP contribution is -1.99. The summed E-state index contributed by atoms with van der Waals surface area (Å²) in [5.41, 5.74) is 12.4. The Kier molecular flexibility index (Phi) is 4.82. The van der Waals surface area contributed by atoms with Gasteiger partial charge in [-0.25, -0.2) is 0 Å². The summed E-state index contributed by atoms with van der Waals surface area (Å²) in [6, 6.07) is 40.7. The molecule has 0 N–H and O–H groups in total. The lowest BCUT2D eigenvalue weighted by molar-refractivity contribution is 1.14. The molecule has 0 unspecified atom stereocenters. The first-order valence-corrected chi connectivity index (χ1v) is 14.0. The minimum Gasteiger partial charge on any atom is -0.307 e. The highest BCUT2D eigenvalue weighted by atomic mass is 15.0. The van der Waals surface area contributed by atoms with Gasteiger partial charge in [0.15, 0.2) is 0 Å². The van der Waals surface area contributed by atoms with E-state index in [-0.39, 0.29) is 0 Å². The molecule has 2 heteroatoms. The van der Waals surface area contributed by atoms with E-state index in [0.29, 0.717) is 0 Å². The topological polar surface area (TPSA) is 9.86 Å². The maximum Gasteiger partial charge on any atom is 0.0795 e. The summed E-state index contributed by atoms with van der Waals surface area (Å²) in [5, 5.41) is 7.80. The molecule has 0 radical (unpaired) electrons. The summed E-state index contributed by atoms with van der Waals surface area (Å²) < 4.78 is 5.00. The first kappa shape index (κ1) is 23.1. The fourth-order valence-electron chi connectivity index (χ4n) is 6.63. The number of hydrogen-bond donors (Lipinski definition) is 0. The zero-order valence-corrected chi connectivity index (χ0v) is 23.3. The molecule has 192 valence electrons. The second-order valence-corrected chi connectivity index (χ2v) is 11.4. The van der Waals surface area contributed by atoms with Gasteiger partial charge in [-0.15, -0.1) is 0 Å². The van der Waals surface area contributed by atoms with Crippen LogP contribution in [0.25, 0.3) is 65.8 Å². The molecular formula is C38H30N2. The summed E-state index contributed by atoms with van der Waals surface area (Å²) in [4.78, 5) is 0. The Balaban J connectivity index is 1.75. The van der Waals surface area contributed by atoms with E-state index < -0.39 is 0 Å². The van der Waals surface area contributed by atoms with Crippen molar-refractivity contribution in [2.45, 2.75) is 27.7 Å². The van der Waals surface area contributed by atoms with Crippen LogP contribution in [0.5, 0.6) is 0 Å². The van der Waals surface area contributed by atoms with Crippen LogP contribution in [0.15, 0.2) is 109 Å². The van der Waals surface area contributed by atoms with E-state index in [0.717, 1.165) is 0 Å². The third-order valence-electron chi connectivity index (χ3n) is 8.52. The van der Waals surface area contributed by atoms with Gasteiger partial charge >= 0.3 is 0 Å². The molecule has 6 aromatic carbocycles. The standard InChI is InChI=1S/C38H30N2/c1-23-9-15-27(16-10-23)39-33-21-25(3)13-19-31(33)35-29-7-5-6-8-30(29)36-32-20-14-26(4)22-34(32)40(38(36)37(35)39)28-17-11-24(2)12-18-28/h5-22H,1-4H3. The van der Waals surface area contributed by atoms with Crippen molar-refractivity contribution in [3.05, 3.63) is 131 Å². The summed E-state index contributed by atoms with van der Waals surface area (Å²) in [5.74, 6) is 0. The van der Waals surface area contributed by atoms with Crippen molar-refractivity contribution in [2.24, 2.45) is 0 Å². The van der Waals surface area contributed by atoms with Gasteiger partial charge < -0.3 is 9.13 Å². The Morgan fingerprint density at radius 3 is 1.15 bits per heavy atom. The van der Waals surface area contributed by atoms with Crippen LogP contribution in [0.2, 0.25) is 0 Å². The van der Waals surface area contributed by atoms with E-state index in [1.165, 1.54) is 88.0 Å². The molecule has 0 fully saturated rings. The quantitative estimate of drug-likeness (QED) is 0.217. The van der Waals surface area contributed by atoms with Crippen molar-refractivity contribution >= 4 is 54.4 Å². The van der Waals surface area contributed by atoms with Crippen molar-refractivity contribution in [2.75, 3.05) is 0 Å². The second-order valence-electron chi connectivity index (χ2n) is 11.4. The zero-order chi connectivity index (χ0) is 27.1. The number of nitrogens with zero attached hydrogens (tertiary/aromatic N) is 2. The van der Waals surface area contributed by atoms with Crippen LogP contribution in [-0.4, -0.2) is 9.13 Å². The fourth-order valence-corrected chi connectivity index (χ4v) is 6.63. The van der Waals surface area contributed by atoms with Gasteiger partial charge in [-0.05, 0) is 86.0 Å². The Labute approximate surface area is 233 Å². The van der Waals surface area contributed by atoms with Crippen LogP contribution < -0.4 is 0 Å². The van der Waals surface area contributed by atoms with Crippen molar-refractivity contribution < 1.29 is 0 Å². The average Bonchev–Trinajstić information content (AvgIpc) is 3.47. The maximum atomic E-state index is 2.50. The number of hydrogen-bond acceptors (Lipinski definition) is 0. The normalized spacial score (nSPS) is 12.0. The molecule has 0 bridgehead atoms. The van der Waals surface area contributed by atoms with Crippen LogP contribution in [0.4, 0.5) is 0 Å². The van der Waals surface area contributed by atoms with Crippen molar-refractivity contribution in [1.82, 2.24) is 9.13 Å². The molecule has 8 rings (SSSR count). The van der Waals surface area contributed by atoms with Crippen LogP contribution in [0.3, 0.4) is 0 Å². The van der Waals surface area contributed by atoms with Crippen molar-refractivity contribution in [3.8, 4) is 11.4 Å². The predicted molar refractivity (Wildman–Crippen MR) is 172 cm³/mol. The Hall–Kier alpha value is -4.82. The SMILES string of the molecule is Cc1ccc(-n2c3cc(C)ccc3c3c4ccccc4c4c5ccc(C)cc5n(-c5ccc(C)cc5)c4c32)cc1. The number of rotatable bonds is 2.